The lowest BCUT2D eigenvalue weighted by atomic mass is 10.1. The van der Waals surface area contributed by atoms with Crippen molar-refractivity contribution in [3.63, 3.8) is 0 Å². The standard InChI is InChI=1S/C10H10N2O2/c11-4-6-5-12-9-7(6)2-1-3-8(9)10(13)14/h1-3,5,12H,4,11H2,(H,13,14). The molecule has 2 rings (SSSR count). The molecule has 0 saturated heterocycles. The van der Waals surface area contributed by atoms with E-state index in [0.29, 0.717) is 12.1 Å². The summed E-state index contributed by atoms with van der Waals surface area (Å²) < 4.78 is 0. The van der Waals surface area contributed by atoms with Gasteiger partial charge < -0.3 is 15.8 Å². The van der Waals surface area contributed by atoms with Gasteiger partial charge in [-0.1, -0.05) is 12.1 Å². The Kier molecular flexibility index (Phi) is 1.98. The van der Waals surface area contributed by atoms with Gasteiger partial charge in [0, 0.05) is 18.1 Å². The smallest absolute Gasteiger partial charge is 0.337 e. The maximum Gasteiger partial charge on any atom is 0.337 e. The van der Waals surface area contributed by atoms with Crippen molar-refractivity contribution in [3.8, 4) is 0 Å². The molecule has 0 amide bonds. The number of benzene rings is 1. The number of aromatic amines is 1. The number of para-hydroxylation sites is 1. The van der Waals surface area contributed by atoms with Crippen LogP contribution in [0.2, 0.25) is 0 Å². The highest BCUT2D eigenvalue weighted by Crippen LogP contribution is 2.21. The first-order valence-electron chi connectivity index (χ1n) is 4.26. The Morgan fingerprint density at radius 2 is 2.29 bits per heavy atom. The number of aromatic carboxylic acids is 1. The zero-order valence-corrected chi connectivity index (χ0v) is 7.45. The summed E-state index contributed by atoms with van der Waals surface area (Å²) in [7, 11) is 0. The third-order valence-electron chi connectivity index (χ3n) is 2.25. The first kappa shape index (κ1) is 8.77. The van der Waals surface area contributed by atoms with Crippen molar-refractivity contribution in [1.82, 2.24) is 4.98 Å². The number of nitrogens with two attached hydrogens (primary N) is 1. The van der Waals surface area contributed by atoms with E-state index in [9.17, 15) is 4.79 Å². The third kappa shape index (κ3) is 1.16. The van der Waals surface area contributed by atoms with E-state index in [-0.39, 0.29) is 5.56 Å². The van der Waals surface area contributed by atoms with Gasteiger partial charge in [0.05, 0.1) is 11.1 Å². The van der Waals surface area contributed by atoms with E-state index in [4.69, 9.17) is 10.8 Å². The Hall–Kier alpha value is -1.81. The molecule has 0 atom stereocenters. The second-order valence-corrected chi connectivity index (χ2v) is 3.05. The maximum atomic E-state index is 10.9. The van der Waals surface area contributed by atoms with Crippen LogP contribution in [0.15, 0.2) is 24.4 Å². The first-order chi connectivity index (χ1) is 6.74. The third-order valence-corrected chi connectivity index (χ3v) is 2.25. The Labute approximate surface area is 80.3 Å². The van der Waals surface area contributed by atoms with Gasteiger partial charge in [0.25, 0.3) is 0 Å². The van der Waals surface area contributed by atoms with Crippen LogP contribution < -0.4 is 5.73 Å². The molecule has 1 aromatic heterocycles. The molecule has 0 unspecified atom stereocenters. The highest BCUT2D eigenvalue weighted by atomic mass is 16.4. The molecule has 0 radical (unpaired) electrons. The summed E-state index contributed by atoms with van der Waals surface area (Å²) in [5.41, 5.74) is 7.37. The van der Waals surface area contributed by atoms with Gasteiger partial charge in [-0.2, -0.15) is 0 Å². The lowest BCUT2D eigenvalue weighted by Crippen LogP contribution is -1.97. The number of hydrogen-bond donors (Lipinski definition) is 3. The minimum absolute atomic E-state index is 0.280. The van der Waals surface area contributed by atoms with Crippen molar-refractivity contribution in [1.29, 1.82) is 0 Å². The summed E-state index contributed by atoms with van der Waals surface area (Å²) in [4.78, 5) is 13.8. The zero-order valence-electron chi connectivity index (χ0n) is 7.45. The number of H-pyrrole nitrogens is 1. The zero-order chi connectivity index (χ0) is 10.1. The van der Waals surface area contributed by atoms with E-state index in [1.165, 1.54) is 0 Å². The summed E-state index contributed by atoms with van der Waals surface area (Å²) in [6.45, 7) is 0.406. The molecular formula is C10H10N2O2. The maximum absolute atomic E-state index is 10.9. The van der Waals surface area contributed by atoms with Gasteiger partial charge in [-0.25, -0.2) is 4.79 Å². The molecule has 0 aliphatic rings. The molecule has 0 aliphatic heterocycles. The van der Waals surface area contributed by atoms with Gasteiger partial charge in [-0.05, 0) is 11.6 Å². The van der Waals surface area contributed by atoms with Crippen molar-refractivity contribution in [2.24, 2.45) is 5.73 Å². The number of carbonyl (C=O) groups is 1. The van der Waals surface area contributed by atoms with Gasteiger partial charge in [0.2, 0.25) is 0 Å². The fraction of sp³-hybridized carbons (Fsp3) is 0.100. The lowest BCUT2D eigenvalue weighted by Gasteiger charge is -1.97. The molecule has 4 N–H and O–H groups in total. The molecule has 0 spiro atoms. The highest BCUT2D eigenvalue weighted by molar-refractivity contribution is 6.02. The van der Waals surface area contributed by atoms with E-state index in [1.807, 2.05) is 6.07 Å². The van der Waals surface area contributed by atoms with Gasteiger partial charge in [0.15, 0.2) is 0 Å². The SMILES string of the molecule is NCc1c[nH]c2c(C(=O)O)cccc12. The van der Waals surface area contributed by atoms with E-state index in [2.05, 4.69) is 4.98 Å². The predicted molar refractivity (Wildman–Crippen MR) is 53.1 cm³/mol. The summed E-state index contributed by atoms with van der Waals surface area (Å²) in [6, 6.07) is 5.15. The number of fused-ring (bicyclic) bond motifs is 1. The quantitative estimate of drug-likeness (QED) is 0.668. The van der Waals surface area contributed by atoms with Crippen LogP contribution in [0.25, 0.3) is 10.9 Å². The Morgan fingerprint density at radius 1 is 1.50 bits per heavy atom. The molecule has 4 heteroatoms. The van der Waals surface area contributed by atoms with E-state index >= 15 is 0 Å². The predicted octanol–water partition coefficient (Wildman–Crippen LogP) is 1.32. The largest absolute Gasteiger partial charge is 0.478 e. The van der Waals surface area contributed by atoms with Crippen LogP contribution in [0.5, 0.6) is 0 Å². The molecule has 2 aromatic rings. The minimum Gasteiger partial charge on any atom is -0.478 e. The van der Waals surface area contributed by atoms with Gasteiger partial charge >= 0.3 is 5.97 Å². The summed E-state index contributed by atoms with van der Waals surface area (Å²) in [5.74, 6) is -0.930. The molecule has 14 heavy (non-hydrogen) atoms. The van der Waals surface area contributed by atoms with E-state index < -0.39 is 5.97 Å². The van der Waals surface area contributed by atoms with Crippen molar-refractivity contribution in [2.45, 2.75) is 6.54 Å². The van der Waals surface area contributed by atoms with Crippen molar-refractivity contribution in [3.05, 3.63) is 35.5 Å². The average molecular weight is 190 g/mol. The molecule has 72 valence electrons. The van der Waals surface area contributed by atoms with Crippen LogP contribution >= 0.6 is 0 Å². The normalized spacial score (nSPS) is 10.6. The van der Waals surface area contributed by atoms with Crippen LogP contribution in [0.3, 0.4) is 0 Å². The Morgan fingerprint density at radius 3 is 2.93 bits per heavy atom. The first-order valence-corrected chi connectivity index (χ1v) is 4.26. The lowest BCUT2D eigenvalue weighted by molar-refractivity contribution is 0.0699. The molecule has 0 aliphatic carbocycles. The molecule has 1 aromatic carbocycles. The molecule has 0 fully saturated rings. The van der Waals surface area contributed by atoms with Crippen LogP contribution in [0.4, 0.5) is 0 Å². The fourth-order valence-electron chi connectivity index (χ4n) is 1.56. The van der Waals surface area contributed by atoms with Gasteiger partial charge in [-0.3, -0.25) is 0 Å². The summed E-state index contributed by atoms with van der Waals surface area (Å²) in [6.07, 6.45) is 1.75. The highest BCUT2D eigenvalue weighted by Gasteiger charge is 2.10. The number of carboxylic acids is 1. The van der Waals surface area contributed by atoms with Crippen molar-refractivity contribution < 1.29 is 9.90 Å². The van der Waals surface area contributed by atoms with Gasteiger partial charge in [0.1, 0.15) is 0 Å². The molecular weight excluding hydrogens is 180 g/mol. The Bertz CT molecular complexity index is 488. The number of rotatable bonds is 2. The number of aromatic nitrogens is 1. The van der Waals surface area contributed by atoms with Crippen LogP contribution in [0.1, 0.15) is 15.9 Å². The number of hydrogen-bond acceptors (Lipinski definition) is 2. The second kappa shape index (κ2) is 3.16. The van der Waals surface area contributed by atoms with Crippen molar-refractivity contribution >= 4 is 16.9 Å². The molecule has 4 nitrogen and oxygen atoms in total. The monoisotopic (exact) mass is 190 g/mol. The van der Waals surface area contributed by atoms with Crippen LogP contribution in [-0.2, 0) is 6.54 Å². The molecule has 1 heterocycles. The van der Waals surface area contributed by atoms with E-state index in [1.54, 1.807) is 18.3 Å². The molecule has 0 saturated carbocycles. The fourth-order valence-corrected chi connectivity index (χ4v) is 1.56. The second-order valence-electron chi connectivity index (χ2n) is 3.05. The summed E-state index contributed by atoms with van der Waals surface area (Å²) >= 11 is 0. The van der Waals surface area contributed by atoms with Gasteiger partial charge in [-0.15, -0.1) is 0 Å². The van der Waals surface area contributed by atoms with E-state index in [0.717, 1.165) is 10.9 Å². The number of nitrogens with one attached hydrogen (secondary N) is 1. The minimum atomic E-state index is -0.930. The Balaban J connectivity index is 2.76. The topological polar surface area (TPSA) is 79.1 Å². The summed E-state index contributed by atoms with van der Waals surface area (Å²) in [5, 5.41) is 9.80. The average Bonchev–Trinajstić information content (AvgIpc) is 2.59. The van der Waals surface area contributed by atoms with Crippen LogP contribution in [0, 0.1) is 0 Å². The van der Waals surface area contributed by atoms with Crippen molar-refractivity contribution in [2.75, 3.05) is 0 Å². The number of carboxylic acid groups (broad SMARTS) is 1. The molecule has 0 bridgehead atoms. The van der Waals surface area contributed by atoms with Crippen LogP contribution in [-0.4, -0.2) is 16.1 Å².